The van der Waals surface area contributed by atoms with Crippen molar-refractivity contribution < 1.29 is 14.3 Å². The van der Waals surface area contributed by atoms with Crippen molar-refractivity contribution in [1.82, 2.24) is 14.9 Å². The summed E-state index contributed by atoms with van der Waals surface area (Å²) in [6.07, 6.45) is 1.93. The lowest BCUT2D eigenvalue weighted by molar-refractivity contribution is 0.0806. The average Bonchev–Trinajstić information content (AvgIpc) is 2.79. The van der Waals surface area contributed by atoms with E-state index in [-0.39, 0.29) is 18.7 Å². The molecule has 2 atom stereocenters. The second-order valence-electron chi connectivity index (χ2n) is 7.79. The molecule has 0 aliphatic carbocycles. The molecule has 0 unspecified atom stereocenters. The van der Waals surface area contributed by atoms with E-state index < -0.39 is 5.91 Å². The summed E-state index contributed by atoms with van der Waals surface area (Å²) < 4.78 is 5.50. The zero-order chi connectivity index (χ0) is 21.8. The summed E-state index contributed by atoms with van der Waals surface area (Å²) in [6.45, 7) is 3.53. The molecule has 160 valence electrons. The van der Waals surface area contributed by atoms with Crippen LogP contribution >= 0.6 is 0 Å². The Balaban J connectivity index is 1.47. The third-order valence-electron chi connectivity index (χ3n) is 5.67. The lowest BCUT2D eigenvalue weighted by atomic mass is 9.93. The number of anilines is 1. The van der Waals surface area contributed by atoms with Gasteiger partial charge in [0.05, 0.1) is 11.1 Å². The number of nitrogens with one attached hydrogen (secondary N) is 1. The first-order valence-electron chi connectivity index (χ1n) is 10.3. The number of nitrogens with zero attached hydrogens (tertiary/aromatic N) is 3. The van der Waals surface area contributed by atoms with Crippen LogP contribution in [0.1, 0.15) is 29.3 Å². The van der Waals surface area contributed by atoms with Gasteiger partial charge in [0, 0.05) is 24.5 Å². The van der Waals surface area contributed by atoms with Crippen LogP contribution in [0.15, 0.2) is 54.9 Å². The van der Waals surface area contributed by atoms with Crippen molar-refractivity contribution in [3.63, 3.8) is 0 Å². The number of rotatable bonds is 5. The highest BCUT2D eigenvalue weighted by Gasteiger charge is 2.30. The number of amides is 2. The summed E-state index contributed by atoms with van der Waals surface area (Å²) in [7, 11) is 0. The number of fused-ring (bicyclic) bond motifs is 1. The highest BCUT2D eigenvalue weighted by atomic mass is 16.6. The number of carbonyl (C=O) groups is 2. The predicted molar refractivity (Wildman–Crippen MR) is 117 cm³/mol. The predicted octanol–water partition coefficient (Wildman–Crippen LogP) is 3.19. The van der Waals surface area contributed by atoms with Crippen LogP contribution in [0, 0.1) is 5.92 Å². The third kappa shape index (κ3) is 4.58. The monoisotopic (exact) mass is 419 g/mol. The molecule has 0 saturated carbocycles. The largest absolute Gasteiger partial charge is 0.445 e. The Morgan fingerprint density at radius 3 is 2.74 bits per heavy atom. The first-order valence-corrected chi connectivity index (χ1v) is 10.3. The zero-order valence-corrected chi connectivity index (χ0v) is 17.3. The van der Waals surface area contributed by atoms with Gasteiger partial charge in [0.1, 0.15) is 18.8 Å². The number of para-hydroxylation sites is 1. The van der Waals surface area contributed by atoms with Crippen molar-refractivity contribution in [2.45, 2.75) is 26.0 Å². The van der Waals surface area contributed by atoms with Gasteiger partial charge in [-0.25, -0.2) is 14.8 Å². The Labute approximate surface area is 180 Å². The number of aromatic nitrogens is 2. The molecule has 2 aromatic carbocycles. The van der Waals surface area contributed by atoms with Gasteiger partial charge in [0.2, 0.25) is 0 Å². The number of likely N-dealkylation sites (tertiary alicyclic amines) is 1. The van der Waals surface area contributed by atoms with Gasteiger partial charge >= 0.3 is 6.09 Å². The van der Waals surface area contributed by atoms with E-state index in [1.807, 2.05) is 36.4 Å². The fourth-order valence-electron chi connectivity index (χ4n) is 3.81. The summed E-state index contributed by atoms with van der Waals surface area (Å²) in [4.78, 5) is 34.7. The van der Waals surface area contributed by atoms with Gasteiger partial charge in [-0.2, -0.15) is 0 Å². The summed E-state index contributed by atoms with van der Waals surface area (Å²) in [6, 6.07) is 14.9. The Morgan fingerprint density at radius 2 is 1.97 bits per heavy atom. The van der Waals surface area contributed by atoms with Crippen molar-refractivity contribution in [1.29, 1.82) is 0 Å². The molecular weight excluding hydrogens is 394 g/mol. The molecule has 2 heterocycles. The van der Waals surface area contributed by atoms with Gasteiger partial charge in [0.25, 0.3) is 5.91 Å². The Morgan fingerprint density at radius 1 is 1.16 bits per heavy atom. The van der Waals surface area contributed by atoms with Gasteiger partial charge in [-0.05, 0) is 30.0 Å². The van der Waals surface area contributed by atoms with E-state index in [9.17, 15) is 9.59 Å². The molecule has 8 nitrogen and oxygen atoms in total. The number of carbonyl (C=O) groups excluding carboxylic acids is 2. The number of benzene rings is 2. The SMILES string of the molecule is C[C@@H]1CCN(C(=O)OCc2ccccc2)C[C@H]1Nc1ncnc2c(C(N)=O)cccc12. The molecule has 1 aliphatic rings. The van der Waals surface area contributed by atoms with Crippen LogP contribution in [0.2, 0.25) is 0 Å². The van der Waals surface area contributed by atoms with Crippen molar-refractivity contribution >= 4 is 28.7 Å². The van der Waals surface area contributed by atoms with Crippen LogP contribution in [0.25, 0.3) is 10.9 Å². The fourth-order valence-corrected chi connectivity index (χ4v) is 3.81. The molecule has 3 aromatic rings. The molecule has 31 heavy (non-hydrogen) atoms. The lowest BCUT2D eigenvalue weighted by Gasteiger charge is -2.37. The second kappa shape index (κ2) is 8.99. The minimum Gasteiger partial charge on any atom is -0.445 e. The normalized spacial score (nSPS) is 18.5. The number of hydrogen-bond donors (Lipinski definition) is 2. The van der Waals surface area contributed by atoms with Crippen molar-refractivity contribution in [2.24, 2.45) is 11.7 Å². The molecule has 4 rings (SSSR count). The molecular formula is C23H25N5O3. The van der Waals surface area contributed by atoms with Gasteiger partial charge in [-0.3, -0.25) is 4.79 Å². The van der Waals surface area contributed by atoms with E-state index in [0.717, 1.165) is 17.4 Å². The fraction of sp³-hybridized carbons (Fsp3) is 0.304. The maximum Gasteiger partial charge on any atom is 0.410 e. The summed E-state index contributed by atoms with van der Waals surface area (Å²) >= 11 is 0. The van der Waals surface area contributed by atoms with Crippen molar-refractivity contribution in [3.05, 3.63) is 66.0 Å². The molecule has 8 heteroatoms. The van der Waals surface area contributed by atoms with Gasteiger partial charge in [0.15, 0.2) is 0 Å². The first kappa shape index (κ1) is 20.6. The first-order chi connectivity index (χ1) is 15.0. The minimum atomic E-state index is -0.534. The van der Waals surface area contributed by atoms with E-state index in [0.29, 0.717) is 35.9 Å². The van der Waals surface area contributed by atoms with Crippen LogP contribution in [0.4, 0.5) is 10.6 Å². The van der Waals surface area contributed by atoms with Crippen LogP contribution < -0.4 is 11.1 Å². The Kier molecular flexibility index (Phi) is 5.97. The van der Waals surface area contributed by atoms with Crippen LogP contribution in [0.5, 0.6) is 0 Å². The number of piperidine rings is 1. The molecule has 0 bridgehead atoms. The maximum atomic E-state index is 12.6. The molecule has 0 spiro atoms. The highest BCUT2D eigenvalue weighted by molar-refractivity contribution is 6.06. The number of primary amides is 1. The summed E-state index contributed by atoms with van der Waals surface area (Å²) in [5.74, 6) is 0.403. The molecule has 0 radical (unpaired) electrons. The molecule has 2 amide bonds. The van der Waals surface area contributed by atoms with E-state index in [1.165, 1.54) is 6.33 Å². The molecule has 1 aliphatic heterocycles. The van der Waals surface area contributed by atoms with Crippen LogP contribution in [-0.4, -0.2) is 46.0 Å². The maximum absolute atomic E-state index is 12.6. The van der Waals surface area contributed by atoms with E-state index in [2.05, 4.69) is 22.2 Å². The van der Waals surface area contributed by atoms with Crippen LogP contribution in [-0.2, 0) is 11.3 Å². The summed E-state index contributed by atoms with van der Waals surface area (Å²) in [5.41, 5.74) is 7.29. The quantitative estimate of drug-likeness (QED) is 0.657. The van der Waals surface area contributed by atoms with E-state index in [4.69, 9.17) is 10.5 Å². The highest BCUT2D eigenvalue weighted by Crippen LogP contribution is 2.26. The summed E-state index contributed by atoms with van der Waals surface area (Å²) in [5, 5.41) is 4.16. The Bertz CT molecular complexity index is 1090. The van der Waals surface area contributed by atoms with E-state index in [1.54, 1.807) is 17.0 Å². The standard InChI is InChI=1S/C23H25N5O3/c1-15-10-11-28(23(30)31-13-16-6-3-2-4-7-16)12-19(15)27-22-18-9-5-8-17(21(24)29)20(18)25-14-26-22/h2-9,14-15,19H,10-13H2,1H3,(H2,24,29)(H,25,26,27)/t15-,19-/m1/s1. The molecule has 1 aromatic heterocycles. The van der Waals surface area contributed by atoms with Crippen molar-refractivity contribution in [3.8, 4) is 0 Å². The minimum absolute atomic E-state index is 0.0200. The van der Waals surface area contributed by atoms with Crippen molar-refractivity contribution in [2.75, 3.05) is 18.4 Å². The smallest absolute Gasteiger partial charge is 0.410 e. The molecule has 3 N–H and O–H groups in total. The topological polar surface area (TPSA) is 110 Å². The number of hydrogen-bond acceptors (Lipinski definition) is 6. The number of nitrogens with two attached hydrogens (primary N) is 1. The second-order valence-corrected chi connectivity index (χ2v) is 7.79. The van der Waals surface area contributed by atoms with E-state index >= 15 is 0 Å². The average molecular weight is 419 g/mol. The molecule has 1 fully saturated rings. The van der Waals surface area contributed by atoms with Gasteiger partial charge in [-0.15, -0.1) is 0 Å². The van der Waals surface area contributed by atoms with Gasteiger partial charge < -0.3 is 20.7 Å². The van der Waals surface area contributed by atoms with Crippen LogP contribution in [0.3, 0.4) is 0 Å². The number of ether oxygens (including phenoxy) is 1. The van der Waals surface area contributed by atoms with Gasteiger partial charge in [-0.1, -0.05) is 43.3 Å². The molecule has 1 saturated heterocycles. The third-order valence-corrected chi connectivity index (χ3v) is 5.67. The lowest BCUT2D eigenvalue weighted by Crippen LogP contribution is -2.49. The zero-order valence-electron chi connectivity index (χ0n) is 17.3. The Hall–Kier alpha value is -3.68.